The van der Waals surface area contributed by atoms with Crippen molar-refractivity contribution in [3.05, 3.63) is 83.1 Å². The van der Waals surface area contributed by atoms with Crippen LogP contribution in [-0.2, 0) is 9.84 Å². The van der Waals surface area contributed by atoms with Gasteiger partial charge in [0.05, 0.1) is 12.0 Å². The molecule has 0 aliphatic heterocycles. The molecule has 0 fully saturated rings. The van der Waals surface area contributed by atoms with Crippen LogP contribution in [0.25, 0.3) is 11.5 Å². The number of aromatic nitrogens is 1. The van der Waals surface area contributed by atoms with Crippen LogP contribution >= 0.6 is 15.9 Å². The van der Waals surface area contributed by atoms with Gasteiger partial charge < -0.3 is 14.5 Å². The van der Waals surface area contributed by atoms with Crippen LogP contribution in [-0.4, -0.2) is 20.5 Å². The van der Waals surface area contributed by atoms with E-state index in [9.17, 15) is 12.8 Å². The lowest BCUT2D eigenvalue weighted by Gasteiger charge is -2.06. The molecule has 4 aromatic rings. The van der Waals surface area contributed by atoms with E-state index < -0.39 is 15.7 Å². The van der Waals surface area contributed by atoms with Gasteiger partial charge >= 0.3 is 0 Å². The number of nitrogens with one attached hydrogen (secondary N) is 1. The smallest absolute Gasteiger partial charge is 0.238 e. The molecule has 0 atom stereocenters. The van der Waals surface area contributed by atoms with Gasteiger partial charge in [-0.25, -0.2) is 12.8 Å². The number of hydrogen-bond donors (Lipinski definition) is 1. The van der Waals surface area contributed by atoms with Gasteiger partial charge in [0.2, 0.25) is 26.6 Å². The lowest BCUT2D eigenvalue weighted by atomic mass is 10.2. The highest BCUT2D eigenvalue weighted by Crippen LogP contribution is 2.34. The quantitative estimate of drug-likeness (QED) is 0.357. The fourth-order valence-corrected chi connectivity index (χ4v) is 4.34. The van der Waals surface area contributed by atoms with E-state index in [2.05, 4.69) is 26.2 Å². The van der Waals surface area contributed by atoms with Crippen LogP contribution in [0.5, 0.6) is 5.75 Å². The number of nitrogens with zero attached hydrogens (tertiary/aromatic N) is 1. The Morgan fingerprint density at radius 3 is 2.23 bits per heavy atom. The summed E-state index contributed by atoms with van der Waals surface area (Å²) in [6, 6.07) is 18.5. The second kappa shape index (κ2) is 8.52. The summed E-state index contributed by atoms with van der Waals surface area (Å²) in [7, 11) is -2.45. The maximum Gasteiger partial charge on any atom is 0.238 e. The van der Waals surface area contributed by atoms with Gasteiger partial charge in [0.15, 0.2) is 0 Å². The van der Waals surface area contributed by atoms with Crippen molar-refractivity contribution in [1.82, 2.24) is 4.98 Å². The number of halogens is 2. The first kappa shape index (κ1) is 21.1. The molecular formula is C22H16BrFN2O4S. The Bertz CT molecular complexity index is 1300. The lowest BCUT2D eigenvalue weighted by molar-refractivity contribution is 0.415. The first-order valence-corrected chi connectivity index (χ1v) is 11.3. The van der Waals surface area contributed by atoms with Crippen LogP contribution in [0.3, 0.4) is 0 Å². The highest BCUT2D eigenvalue weighted by molar-refractivity contribution is 9.10. The van der Waals surface area contributed by atoms with Crippen molar-refractivity contribution in [2.45, 2.75) is 9.92 Å². The minimum absolute atomic E-state index is 0.0624. The standard InChI is InChI=1S/C22H16BrFN2O4S/c1-29-18-10-2-14(3-11-18)20-26-22(31(27,28)19-12-4-15(23)5-13-19)21(30-20)25-17-8-6-16(24)7-9-17/h2-13,25H,1H3. The third-order valence-electron chi connectivity index (χ3n) is 4.41. The summed E-state index contributed by atoms with van der Waals surface area (Å²) in [4.78, 5) is 4.34. The lowest BCUT2D eigenvalue weighted by Crippen LogP contribution is -2.05. The van der Waals surface area contributed by atoms with Crippen molar-refractivity contribution >= 4 is 37.3 Å². The van der Waals surface area contributed by atoms with Crippen LogP contribution < -0.4 is 10.1 Å². The van der Waals surface area contributed by atoms with Crippen molar-refractivity contribution in [2.75, 3.05) is 12.4 Å². The molecule has 0 radical (unpaired) electrons. The molecule has 1 N–H and O–H groups in total. The zero-order valence-electron chi connectivity index (χ0n) is 16.2. The van der Waals surface area contributed by atoms with Gasteiger partial charge in [-0.05, 0) is 72.8 Å². The monoisotopic (exact) mass is 502 g/mol. The van der Waals surface area contributed by atoms with Crippen molar-refractivity contribution in [3.8, 4) is 17.2 Å². The minimum Gasteiger partial charge on any atom is -0.497 e. The predicted molar refractivity (Wildman–Crippen MR) is 118 cm³/mol. The SMILES string of the molecule is COc1ccc(-c2nc(S(=O)(=O)c3ccc(Br)cc3)c(Nc3ccc(F)cc3)o2)cc1. The van der Waals surface area contributed by atoms with Gasteiger partial charge in [-0.15, -0.1) is 0 Å². The average molecular weight is 503 g/mol. The summed E-state index contributed by atoms with van der Waals surface area (Å²) in [5.74, 6) is 0.274. The number of benzene rings is 3. The zero-order chi connectivity index (χ0) is 22.0. The fourth-order valence-electron chi connectivity index (χ4n) is 2.81. The summed E-state index contributed by atoms with van der Waals surface area (Å²) < 4.78 is 51.5. The maximum atomic E-state index is 13.3. The van der Waals surface area contributed by atoms with E-state index in [4.69, 9.17) is 9.15 Å². The molecule has 9 heteroatoms. The number of anilines is 2. The fraction of sp³-hybridized carbons (Fsp3) is 0.0455. The largest absolute Gasteiger partial charge is 0.497 e. The number of rotatable bonds is 6. The maximum absolute atomic E-state index is 13.3. The van der Waals surface area contributed by atoms with E-state index >= 15 is 0 Å². The van der Waals surface area contributed by atoms with E-state index in [1.807, 2.05) is 0 Å². The average Bonchev–Trinajstić information content (AvgIpc) is 3.20. The van der Waals surface area contributed by atoms with E-state index in [1.165, 1.54) is 36.4 Å². The Morgan fingerprint density at radius 2 is 1.61 bits per heavy atom. The van der Waals surface area contributed by atoms with Gasteiger partial charge in [0, 0.05) is 15.7 Å². The molecular weight excluding hydrogens is 487 g/mol. The Kier molecular flexibility index (Phi) is 5.79. The van der Waals surface area contributed by atoms with Crippen molar-refractivity contribution in [2.24, 2.45) is 0 Å². The molecule has 0 unspecified atom stereocenters. The molecule has 1 heterocycles. The highest BCUT2D eigenvalue weighted by atomic mass is 79.9. The van der Waals surface area contributed by atoms with Gasteiger partial charge in [-0.1, -0.05) is 15.9 Å². The second-order valence-corrected chi connectivity index (χ2v) is 9.25. The Labute approximate surface area is 186 Å². The van der Waals surface area contributed by atoms with Crippen LogP contribution in [0.2, 0.25) is 0 Å². The number of oxazole rings is 1. The summed E-state index contributed by atoms with van der Waals surface area (Å²) in [5.41, 5.74) is 1.02. The molecule has 0 spiro atoms. The molecule has 31 heavy (non-hydrogen) atoms. The van der Waals surface area contributed by atoms with Crippen LogP contribution in [0.15, 0.2) is 91.6 Å². The molecule has 0 aliphatic carbocycles. The summed E-state index contributed by atoms with van der Waals surface area (Å²) in [6.45, 7) is 0. The normalized spacial score (nSPS) is 11.3. The zero-order valence-corrected chi connectivity index (χ0v) is 18.6. The first-order valence-electron chi connectivity index (χ1n) is 9.05. The first-order chi connectivity index (χ1) is 14.9. The molecule has 3 aromatic carbocycles. The minimum atomic E-state index is -4.00. The molecule has 0 amide bonds. The van der Waals surface area contributed by atoms with E-state index in [1.54, 1.807) is 43.5 Å². The Hall–Kier alpha value is -3.17. The third kappa shape index (κ3) is 4.47. The molecule has 158 valence electrons. The topological polar surface area (TPSA) is 81.4 Å². The van der Waals surface area contributed by atoms with E-state index in [0.29, 0.717) is 17.0 Å². The van der Waals surface area contributed by atoms with Gasteiger partial charge in [-0.3, -0.25) is 0 Å². The van der Waals surface area contributed by atoms with Crippen molar-refractivity contribution in [1.29, 1.82) is 0 Å². The highest BCUT2D eigenvalue weighted by Gasteiger charge is 2.28. The number of methoxy groups -OCH3 is 1. The van der Waals surface area contributed by atoms with E-state index in [0.717, 1.165) is 4.47 Å². The van der Waals surface area contributed by atoms with Gasteiger partial charge in [0.25, 0.3) is 0 Å². The molecule has 1 aromatic heterocycles. The van der Waals surface area contributed by atoms with Crippen LogP contribution in [0, 0.1) is 5.82 Å². The van der Waals surface area contributed by atoms with Crippen LogP contribution in [0.4, 0.5) is 16.0 Å². The van der Waals surface area contributed by atoms with Gasteiger partial charge in [-0.2, -0.15) is 4.98 Å². The molecule has 6 nitrogen and oxygen atoms in total. The number of sulfone groups is 1. The number of hydrogen-bond acceptors (Lipinski definition) is 6. The van der Waals surface area contributed by atoms with Crippen molar-refractivity contribution in [3.63, 3.8) is 0 Å². The second-order valence-electron chi connectivity index (χ2n) is 6.47. The molecule has 0 aliphatic rings. The summed E-state index contributed by atoms with van der Waals surface area (Å²) in [5, 5.41) is 2.62. The Balaban J connectivity index is 1.81. The summed E-state index contributed by atoms with van der Waals surface area (Å²) in [6.07, 6.45) is 0. The molecule has 0 saturated carbocycles. The Morgan fingerprint density at radius 1 is 0.968 bits per heavy atom. The number of ether oxygens (including phenoxy) is 1. The molecule has 0 saturated heterocycles. The third-order valence-corrected chi connectivity index (χ3v) is 6.62. The molecule has 0 bridgehead atoms. The van der Waals surface area contributed by atoms with Gasteiger partial charge in [0.1, 0.15) is 11.6 Å². The molecule has 4 rings (SSSR count). The van der Waals surface area contributed by atoms with E-state index in [-0.39, 0.29) is 21.7 Å². The van der Waals surface area contributed by atoms with Crippen LogP contribution in [0.1, 0.15) is 0 Å². The predicted octanol–water partition coefficient (Wildman–Crippen LogP) is 5.83. The van der Waals surface area contributed by atoms with Crippen molar-refractivity contribution < 1.29 is 22.0 Å². The summed E-state index contributed by atoms with van der Waals surface area (Å²) >= 11 is 3.30.